The van der Waals surface area contributed by atoms with Crippen LogP contribution in [-0.2, 0) is 16.0 Å². The normalized spacial score (nSPS) is 9.63. The van der Waals surface area contributed by atoms with Crippen LogP contribution >= 0.6 is 0 Å². The fourth-order valence-corrected chi connectivity index (χ4v) is 1.39. The van der Waals surface area contributed by atoms with Crippen LogP contribution < -0.4 is 5.32 Å². The summed E-state index contributed by atoms with van der Waals surface area (Å²) in [4.78, 5) is 20.6. The molecular weight excluding hydrogens is 238 g/mol. The standard InChI is InChI=1S/C10H14.C6H9NO2/c1-2-3-7-10-8-5-4-6-9-10;1-3-4-6(9)7-5(2)8/h4-6,8-9H,2-3,7H2,1H3;3-4H,1-2H3,(H,7,8,9)/b;4-3-. The number of hydrogen-bond acceptors (Lipinski definition) is 2. The highest BCUT2D eigenvalue weighted by Gasteiger charge is 1.94. The summed E-state index contributed by atoms with van der Waals surface area (Å²) >= 11 is 0. The van der Waals surface area contributed by atoms with Crippen LogP contribution in [0.5, 0.6) is 0 Å². The maximum atomic E-state index is 10.4. The topological polar surface area (TPSA) is 46.2 Å². The molecule has 3 heteroatoms. The molecule has 1 aromatic carbocycles. The van der Waals surface area contributed by atoms with Gasteiger partial charge in [-0.25, -0.2) is 0 Å². The number of benzene rings is 1. The van der Waals surface area contributed by atoms with Gasteiger partial charge in [0.1, 0.15) is 0 Å². The third-order valence-electron chi connectivity index (χ3n) is 2.28. The Hall–Kier alpha value is -1.90. The summed E-state index contributed by atoms with van der Waals surface area (Å²) in [5.74, 6) is -0.705. The zero-order valence-corrected chi connectivity index (χ0v) is 12.0. The maximum absolute atomic E-state index is 10.4. The van der Waals surface area contributed by atoms with E-state index in [9.17, 15) is 9.59 Å². The summed E-state index contributed by atoms with van der Waals surface area (Å²) in [7, 11) is 0. The summed E-state index contributed by atoms with van der Waals surface area (Å²) in [5.41, 5.74) is 1.46. The van der Waals surface area contributed by atoms with Gasteiger partial charge in [-0.1, -0.05) is 49.8 Å². The second kappa shape index (κ2) is 11.2. The van der Waals surface area contributed by atoms with Crippen molar-refractivity contribution >= 4 is 11.8 Å². The zero-order valence-electron chi connectivity index (χ0n) is 12.0. The Labute approximate surface area is 115 Å². The number of imide groups is 1. The Morgan fingerprint density at radius 3 is 2.32 bits per heavy atom. The van der Waals surface area contributed by atoms with Crippen LogP contribution in [0.4, 0.5) is 0 Å². The smallest absolute Gasteiger partial charge is 0.250 e. The lowest BCUT2D eigenvalue weighted by molar-refractivity contribution is -0.126. The van der Waals surface area contributed by atoms with Crippen LogP contribution in [0.15, 0.2) is 42.5 Å². The molecule has 0 saturated heterocycles. The highest BCUT2D eigenvalue weighted by atomic mass is 16.2. The first-order valence-electron chi connectivity index (χ1n) is 6.58. The fourth-order valence-electron chi connectivity index (χ4n) is 1.39. The molecule has 0 spiro atoms. The number of hydrogen-bond donors (Lipinski definition) is 1. The van der Waals surface area contributed by atoms with Gasteiger partial charge in [-0.2, -0.15) is 0 Å². The number of carbonyl (C=O) groups excluding carboxylic acids is 2. The van der Waals surface area contributed by atoms with E-state index in [1.165, 1.54) is 37.8 Å². The van der Waals surface area contributed by atoms with Crippen LogP contribution in [0, 0.1) is 0 Å². The molecule has 0 aromatic heterocycles. The number of amides is 2. The quantitative estimate of drug-likeness (QED) is 0.846. The third-order valence-corrected chi connectivity index (χ3v) is 2.28. The van der Waals surface area contributed by atoms with Crippen molar-refractivity contribution in [3.63, 3.8) is 0 Å². The largest absolute Gasteiger partial charge is 0.293 e. The van der Waals surface area contributed by atoms with E-state index in [4.69, 9.17) is 0 Å². The maximum Gasteiger partial charge on any atom is 0.250 e. The molecule has 1 aromatic rings. The second-order valence-electron chi connectivity index (χ2n) is 4.13. The summed E-state index contributed by atoms with van der Waals surface area (Å²) < 4.78 is 0. The lowest BCUT2D eigenvalue weighted by atomic mass is 10.1. The van der Waals surface area contributed by atoms with Crippen LogP contribution in [0.25, 0.3) is 0 Å². The molecule has 0 saturated carbocycles. The van der Waals surface area contributed by atoms with Gasteiger partial charge in [0.05, 0.1) is 0 Å². The minimum atomic E-state index is -0.370. The van der Waals surface area contributed by atoms with Crippen molar-refractivity contribution in [3.8, 4) is 0 Å². The SMILES string of the molecule is C/C=C\C(=O)NC(C)=O.CCCCc1ccccc1. The predicted octanol–water partition coefficient (Wildman–Crippen LogP) is 3.25. The third kappa shape index (κ3) is 10.9. The van der Waals surface area contributed by atoms with Crippen molar-refractivity contribution in [2.45, 2.75) is 40.0 Å². The second-order valence-corrected chi connectivity index (χ2v) is 4.13. The van der Waals surface area contributed by atoms with Gasteiger partial charge in [0, 0.05) is 6.92 Å². The lowest BCUT2D eigenvalue weighted by Gasteiger charge is -1.96. The molecule has 0 aliphatic rings. The van der Waals surface area contributed by atoms with Crippen molar-refractivity contribution < 1.29 is 9.59 Å². The minimum absolute atomic E-state index is 0.335. The van der Waals surface area contributed by atoms with Crippen molar-refractivity contribution in [2.75, 3.05) is 0 Å². The van der Waals surface area contributed by atoms with E-state index < -0.39 is 0 Å². The summed E-state index contributed by atoms with van der Waals surface area (Å²) in [6.07, 6.45) is 6.69. The number of aryl methyl sites for hydroxylation is 1. The Morgan fingerprint density at radius 1 is 1.21 bits per heavy atom. The number of allylic oxidation sites excluding steroid dienone is 1. The molecule has 2 amide bonds. The van der Waals surface area contributed by atoms with Gasteiger partial charge in [0.15, 0.2) is 0 Å². The fraction of sp³-hybridized carbons (Fsp3) is 0.375. The molecule has 0 unspecified atom stereocenters. The van der Waals surface area contributed by atoms with E-state index in [1.54, 1.807) is 13.0 Å². The van der Waals surface area contributed by atoms with E-state index in [0.717, 1.165) is 0 Å². The molecule has 104 valence electrons. The van der Waals surface area contributed by atoms with Gasteiger partial charge in [0.25, 0.3) is 0 Å². The van der Waals surface area contributed by atoms with Gasteiger partial charge in [0.2, 0.25) is 11.8 Å². The van der Waals surface area contributed by atoms with Gasteiger partial charge in [-0.3, -0.25) is 14.9 Å². The highest BCUT2D eigenvalue weighted by molar-refractivity contribution is 5.99. The number of nitrogens with one attached hydrogen (secondary N) is 1. The monoisotopic (exact) mass is 261 g/mol. The molecule has 3 nitrogen and oxygen atoms in total. The van der Waals surface area contributed by atoms with E-state index >= 15 is 0 Å². The van der Waals surface area contributed by atoms with E-state index in [0.29, 0.717) is 0 Å². The van der Waals surface area contributed by atoms with E-state index in [1.807, 2.05) is 0 Å². The van der Waals surface area contributed by atoms with Crippen LogP contribution in [-0.4, -0.2) is 11.8 Å². The molecule has 0 bridgehead atoms. The molecule has 19 heavy (non-hydrogen) atoms. The average Bonchev–Trinajstić information content (AvgIpc) is 2.38. The average molecular weight is 261 g/mol. The Balaban J connectivity index is 0.000000344. The molecule has 0 aliphatic carbocycles. The molecular formula is C16H23NO2. The minimum Gasteiger partial charge on any atom is -0.293 e. The number of carbonyl (C=O) groups is 2. The van der Waals surface area contributed by atoms with Crippen molar-refractivity contribution in [2.24, 2.45) is 0 Å². The Bertz CT molecular complexity index is 396. The van der Waals surface area contributed by atoms with Gasteiger partial charge in [-0.15, -0.1) is 0 Å². The molecule has 0 radical (unpaired) electrons. The first-order valence-corrected chi connectivity index (χ1v) is 6.58. The zero-order chi connectivity index (χ0) is 14.5. The van der Waals surface area contributed by atoms with Crippen LogP contribution in [0.1, 0.15) is 39.2 Å². The van der Waals surface area contributed by atoms with Crippen molar-refractivity contribution in [1.29, 1.82) is 0 Å². The summed E-state index contributed by atoms with van der Waals surface area (Å²) in [6.45, 7) is 5.23. The lowest BCUT2D eigenvalue weighted by Crippen LogP contribution is -2.25. The molecule has 1 N–H and O–H groups in total. The predicted molar refractivity (Wildman–Crippen MR) is 78.7 cm³/mol. The summed E-state index contributed by atoms with van der Waals surface area (Å²) in [6, 6.07) is 10.6. The number of rotatable bonds is 4. The van der Waals surface area contributed by atoms with Crippen LogP contribution in [0.2, 0.25) is 0 Å². The van der Waals surface area contributed by atoms with Crippen molar-refractivity contribution in [3.05, 3.63) is 48.0 Å². The first-order chi connectivity index (χ1) is 9.10. The molecule has 0 fully saturated rings. The Morgan fingerprint density at radius 2 is 1.84 bits per heavy atom. The van der Waals surface area contributed by atoms with Crippen LogP contribution in [0.3, 0.4) is 0 Å². The van der Waals surface area contributed by atoms with E-state index in [-0.39, 0.29) is 11.8 Å². The van der Waals surface area contributed by atoms with Crippen molar-refractivity contribution in [1.82, 2.24) is 5.32 Å². The summed E-state index contributed by atoms with van der Waals surface area (Å²) in [5, 5.41) is 2.08. The molecule has 0 atom stereocenters. The molecule has 0 aliphatic heterocycles. The number of unbranched alkanes of at least 4 members (excludes halogenated alkanes) is 1. The van der Waals surface area contributed by atoms with Gasteiger partial charge >= 0.3 is 0 Å². The highest BCUT2D eigenvalue weighted by Crippen LogP contribution is 2.03. The van der Waals surface area contributed by atoms with E-state index in [2.05, 4.69) is 42.6 Å². The molecule has 0 heterocycles. The van der Waals surface area contributed by atoms with Gasteiger partial charge < -0.3 is 0 Å². The molecule has 1 rings (SSSR count). The Kier molecular flexibility index (Phi) is 10.1. The van der Waals surface area contributed by atoms with Gasteiger partial charge in [-0.05, 0) is 31.4 Å². The first kappa shape index (κ1) is 17.1.